The van der Waals surface area contributed by atoms with Crippen LogP contribution in [0.3, 0.4) is 0 Å². The molecule has 2 aromatic rings. The van der Waals surface area contributed by atoms with Gasteiger partial charge in [-0.05, 0) is 0 Å². The van der Waals surface area contributed by atoms with Gasteiger partial charge in [-0.1, -0.05) is 0 Å². The summed E-state index contributed by atoms with van der Waals surface area (Å²) < 4.78 is 3.22. The van der Waals surface area contributed by atoms with E-state index >= 15 is 0 Å². The van der Waals surface area contributed by atoms with Crippen molar-refractivity contribution in [3.05, 3.63) is 59.7 Å². The molecule has 2 rings (SSSR count). The van der Waals surface area contributed by atoms with Crippen LogP contribution in [0, 0.1) is 13.8 Å². The quantitative estimate of drug-likeness (QED) is 0.715. The van der Waals surface area contributed by atoms with Gasteiger partial charge in [0.25, 0.3) is 0 Å². The minimum absolute atomic E-state index is 0.759. The molecule has 0 saturated heterocycles. The molecule has 72 valence electrons. The van der Waals surface area contributed by atoms with E-state index in [1.165, 1.54) is 11.1 Å². The Labute approximate surface area is 98.9 Å². The van der Waals surface area contributed by atoms with E-state index < -0.39 is 17.1 Å². The van der Waals surface area contributed by atoms with E-state index in [9.17, 15) is 0 Å². The molecule has 0 bridgehead atoms. The normalized spacial score (nSPS) is 9.73. The third-order valence-corrected chi connectivity index (χ3v) is 7.83. The maximum absolute atomic E-state index is 2.29. The fourth-order valence-electron chi connectivity index (χ4n) is 1.82. The molecule has 0 amide bonds. The van der Waals surface area contributed by atoms with Crippen molar-refractivity contribution in [1.82, 2.24) is 0 Å². The van der Waals surface area contributed by atoms with Crippen molar-refractivity contribution in [2.45, 2.75) is 13.8 Å². The Bertz CT molecular complexity index is 417. The zero-order valence-electron chi connectivity index (χ0n) is 9.33. The van der Waals surface area contributed by atoms with Gasteiger partial charge in [-0.3, -0.25) is 0 Å². The van der Waals surface area contributed by atoms with Crippen LogP contribution in [0.5, 0.6) is 0 Å². The van der Waals surface area contributed by atoms with Crippen LogP contribution >= 0.6 is 0 Å². The molecule has 0 radical (unpaired) electrons. The van der Waals surface area contributed by atoms with Gasteiger partial charge in [-0.15, -0.1) is 0 Å². The van der Waals surface area contributed by atoms with E-state index in [0.717, 1.165) is 0 Å². The van der Waals surface area contributed by atoms with Crippen LogP contribution in [0.1, 0.15) is 11.1 Å². The topological polar surface area (TPSA) is 0 Å². The third-order valence-electron chi connectivity index (χ3n) is 2.90. The predicted molar refractivity (Wildman–Crippen MR) is 61.6 cm³/mol. The van der Waals surface area contributed by atoms with E-state index in [1.54, 1.807) is 8.32 Å². The number of benzene rings is 2. The second kappa shape index (κ2) is 4.72. The Balaban J connectivity index is 2.30. The van der Waals surface area contributed by atoms with E-state index in [-0.39, 0.29) is 0 Å². The molecule has 0 N–H and O–H groups in total. The van der Waals surface area contributed by atoms with Crippen LogP contribution in [0.4, 0.5) is 0 Å². The first kappa shape index (κ1) is 10.6. The monoisotopic (exact) mass is 246 g/mol. The molecule has 0 nitrogen and oxygen atoms in total. The van der Waals surface area contributed by atoms with Crippen LogP contribution in [0.15, 0.2) is 48.5 Å². The first-order valence-corrected chi connectivity index (χ1v) is 8.33. The van der Waals surface area contributed by atoms with E-state index in [1.807, 2.05) is 0 Å². The molecular weight excluding hydrogens is 234 g/mol. The molecule has 0 aliphatic rings. The van der Waals surface area contributed by atoms with Gasteiger partial charge in [0.05, 0.1) is 0 Å². The minimum atomic E-state index is -0.759. The predicted octanol–water partition coefficient (Wildman–Crippen LogP) is 2.34. The van der Waals surface area contributed by atoms with Gasteiger partial charge in [0.1, 0.15) is 0 Å². The molecule has 2 aromatic carbocycles. The summed E-state index contributed by atoms with van der Waals surface area (Å²) in [4.78, 5) is 0. The van der Waals surface area contributed by atoms with Gasteiger partial charge < -0.3 is 0 Å². The van der Waals surface area contributed by atoms with Gasteiger partial charge in [0, 0.05) is 0 Å². The summed E-state index contributed by atoms with van der Waals surface area (Å²) in [7, 11) is 0. The van der Waals surface area contributed by atoms with Crippen LogP contribution in [0.25, 0.3) is 0 Å². The molecule has 0 spiro atoms. The van der Waals surface area contributed by atoms with Crippen LogP contribution < -0.4 is 8.32 Å². The van der Waals surface area contributed by atoms with Gasteiger partial charge in [0.2, 0.25) is 0 Å². The zero-order valence-corrected chi connectivity index (χ0v) is 12.3. The van der Waals surface area contributed by atoms with E-state index in [2.05, 4.69) is 62.4 Å². The van der Waals surface area contributed by atoms with Crippen LogP contribution in [-0.4, -0.2) is 0 Å². The SMILES string of the molecule is Cc1cccc[c]1[Zn][c]1ccccc1C. The summed E-state index contributed by atoms with van der Waals surface area (Å²) >= 11 is -0.759. The Morgan fingerprint density at radius 1 is 0.667 bits per heavy atom. The van der Waals surface area contributed by atoms with Gasteiger partial charge in [0.15, 0.2) is 0 Å². The number of hydrogen-bond donors (Lipinski definition) is 0. The Morgan fingerprint density at radius 3 is 1.47 bits per heavy atom. The van der Waals surface area contributed by atoms with Crippen molar-refractivity contribution in [1.29, 1.82) is 0 Å². The molecule has 0 atom stereocenters. The van der Waals surface area contributed by atoms with Gasteiger partial charge in [-0.2, -0.15) is 0 Å². The molecule has 0 aliphatic heterocycles. The molecule has 0 heterocycles. The average molecular weight is 248 g/mol. The van der Waals surface area contributed by atoms with E-state index in [0.29, 0.717) is 0 Å². The fraction of sp³-hybridized carbons (Fsp3) is 0.143. The Morgan fingerprint density at radius 2 is 1.07 bits per heavy atom. The second-order valence-corrected chi connectivity index (χ2v) is 7.97. The summed E-state index contributed by atoms with van der Waals surface area (Å²) in [5, 5.41) is 0. The Hall–Kier alpha value is -0.937. The van der Waals surface area contributed by atoms with Crippen molar-refractivity contribution >= 4 is 8.32 Å². The number of rotatable bonds is 2. The maximum atomic E-state index is 2.29. The standard InChI is InChI=1S/2C7H7.Zn/c2*1-7-5-3-2-4-6-7;/h2*2-5H,1H3;. The van der Waals surface area contributed by atoms with E-state index in [4.69, 9.17) is 0 Å². The van der Waals surface area contributed by atoms with Crippen molar-refractivity contribution in [3.8, 4) is 0 Å². The van der Waals surface area contributed by atoms with Gasteiger partial charge in [-0.25, -0.2) is 0 Å². The van der Waals surface area contributed by atoms with Crippen molar-refractivity contribution < 1.29 is 17.1 Å². The molecule has 0 aromatic heterocycles. The molecule has 1 heteroatoms. The summed E-state index contributed by atoms with van der Waals surface area (Å²) in [6.45, 7) is 4.44. The van der Waals surface area contributed by atoms with Crippen molar-refractivity contribution in [3.63, 3.8) is 0 Å². The molecule has 0 saturated carbocycles. The van der Waals surface area contributed by atoms with Crippen molar-refractivity contribution in [2.24, 2.45) is 0 Å². The second-order valence-electron chi connectivity index (χ2n) is 4.03. The molecule has 0 aliphatic carbocycles. The summed E-state index contributed by atoms with van der Waals surface area (Å²) in [6.07, 6.45) is 0. The summed E-state index contributed by atoms with van der Waals surface area (Å²) in [6, 6.07) is 17.6. The third kappa shape index (κ3) is 2.55. The summed E-state index contributed by atoms with van der Waals surface area (Å²) in [5.41, 5.74) is 2.92. The number of hydrogen-bond acceptors (Lipinski definition) is 0. The Kier molecular flexibility index (Phi) is 3.33. The first-order valence-electron chi connectivity index (χ1n) is 5.36. The van der Waals surface area contributed by atoms with Crippen molar-refractivity contribution in [2.75, 3.05) is 0 Å². The van der Waals surface area contributed by atoms with Gasteiger partial charge >= 0.3 is 98.9 Å². The zero-order chi connectivity index (χ0) is 10.7. The fourth-order valence-corrected chi connectivity index (χ4v) is 5.41. The molecular formula is C14H14Zn. The molecule has 0 fully saturated rings. The molecule has 0 unspecified atom stereocenters. The number of aryl methyl sites for hydroxylation is 2. The first-order chi connectivity index (χ1) is 7.27. The van der Waals surface area contributed by atoms with Crippen LogP contribution in [0.2, 0.25) is 0 Å². The van der Waals surface area contributed by atoms with Crippen LogP contribution in [-0.2, 0) is 17.1 Å². The summed E-state index contributed by atoms with van der Waals surface area (Å²) in [5.74, 6) is 0. The molecule has 15 heavy (non-hydrogen) atoms. The average Bonchev–Trinajstić information content (AvgIpc) is 2.24.